The van der Waals surface area contributed by atoms with Crippen LogP contribution in [0.2, 0.25) is 0 Å². The molecule has 4 rings (SSSR count). The number of amides is 1. The third kappa shape index (κ3) is 4.74. The fourth-order valence-corrected chi connectivity index (χ4v) is 3.39. The highest BCUT2D eigenvalue weighted by molar-refractivity contribution is 6.08. The number of alkyl halides is 3. The second-order valence-electron chi connectivity index (χ2n) is 7.24. The molecule has 2 aromatic carbocycles. The zero-order valence-electron chi connectivity index (χ0n) is 17.2. The summed E-state index contributed by atoms with van der Waals surface area (Å²) in [7, 11) is 0. The molecule has 164 valence electrons. The van der Waals surface area contributed by atoms with Crippen molar-refractivity contribution in [3.8, 4) is 5.75 Å². The molecule has 0 atom stereocenters. The molecule has 4 aromatic rings. The number of carbonyl (C=O) groups is 1. The van der Waals surface area contributed by atoms with E-state index in [-0.39, 0.29) is 19.1 Å². The van der Waals surface area contributed by atoms with Gasteiger partial charge in [0.25, 0.3) is 0 Å². The number of aromatic nitrogens is 2. The Morgan fingerprint density at radius 1 is 1.12 bits per heavy atom. The maximum Gasteiger partial charge on any atom is 0.416 e. The highest BCUT2D eigenvalue weighted by atomic mass is 19.4. The minimum Gasteiger partial charge on any atom is -0.492 e. The van der Waals surface area contributed by atoms with Crippen LogP contribution in [0.5, 0.6) is 5.75 Å². The van der Waals surface area contributed by atoms with Crippen LogP contribution in [0, 0.1) is 6.92 Å². The number of rotatable bonds is 6. The Morgan fingerprint density at radius 2 is 1.91 bits per heavy atom. The third-order valence-electron chi connectivity index (χ3n) is 5.02. The molecule has 0 spiro atoms. The summed E-state index contributed by atoms with van der Waals surface area (Å²) in [5.41, 5.74) is 2.68. The van der Waals surface area contributed by atoms with Gasteiger partial charge < -0.3 is 15.0 Å². The van der Waals surface area contributed by atoms with Gasteiger partial charge in [0.2, 0.25) is 5.91 Å². The van der Waals surface area contributed by atoms with Crippen LogP contribution in [-0.4, -0.2) is 29.0 Å². The number of hydrogen-bond acceptors (Lipinski definition) is 3. The van der Waals surface area contributed by atoms with Crippen LogP contribution in [0.4, 0.5) is 13.2 Å². The van der Waals surface area contributed by atoms with Crippen LogP contribution in [-0.2, 0) is 11.0 Å². The van der Waals surface area contributed by atoms with Crippen LogP contribution >= 0.6 is 0 Å². The van der Waals surface area contributed by atoms with Gasteiger partial charge >= 0.3 is 6.18 Å². The number of pyridine rings is 1. The molecule has 0 saturated carbocycles. The van der Waals surface area contributed by atoms with Gasteiger partial charge in [0.05, 0.1) is 23.3 Å². The van der Waals surface area contributed by atoms with E-state index in [0.717, 1.165) is 39.6 Å². The van der Waals surface area contributed by atoms with Crippen LogP contribution in [0.3, 0.4) is 0 Å². The smallest absolute Gasteiger partial charge is 0.416 e. The molecule has 0 aliphatic carbocycles. The number of ether oxygens (including phenoxy) is 1. The number of halogens is 3. The van der Waals surface area contributed by atoms with Crippen LogP contribution in [0.15, 0.2) is 60.8 Å². The summed E-state index contributed by atoms with van der Waals surface area (Å²) in [5, 5.41) is 4.79. The fraction of sp³-hybridized carbons (Fsp3) is 0.167. The van der Waals surface area contributed by atoms with Crippen molar-refractivity contribution in [3.63, 3.8) is 0 Å². The van der Waals surface area contributed by atoms with Gasteiger partial charge in [-0.3, -0.25) is 9.78 Å². The summed E-state index contributed by atoms with van der Waals surface area (Å²) >= 11 is 0. The van der Waals surface area contributed by atoms with Crippen molar-refractivity contribution in [2.75, 3.05) is 13.2 Å². The molecule has 1 amide bonds. The van der Waals surface area contributed by atoms with E-state index in [1.165, 1.54) is 24.3 Å². The molecular formula is C24H20F3N3O2. The second kappa shape index (κ2) is 8.74. The molecule has 8 heteroatoms. The number of hydrogen-bond donors (Lipinski definition) is 2. The van der Waals surface area contributed by atoms with Crippen molar-refractivity contribution >= 4 is 33.8 Å². The van der Waals surface area contributed by atoms with E-state index in [4.69, 9.17) is 4.74 Å². The van der Waals surface area contributed by atoms with Gasteiger partial charge in [-0.2, -0.15) is 13.2 Å². The molecular weight excluding hydrogens is 419 g/mol. The van der Waals surface area contributed by atoms with Gasteiger partial charge in [0.15, 0.2) is 0 Å². The summed E-state index contributed by atoms with van der Waals surface area (Å²) in [5.74, 6) is 0.325. The summed E-state index contributed by atoms with van der Waals surface area (Å²) in [4.78, 5) is 19.6. The normalized spacial score (nSPS) is 12.0. The quantitative estimate of drug-likeness (QED) is 0.319. The van der Waals surface area contributed by atoms with Crippen molar-refractivity contribution in [2.24, 2.45) is 0 Å². The van der Waals surface area contributed by atoms with Crippen molar-refractivity contribution in [1.82, 2.24) is 15.3 Å². The first-order valence-electron chi connectivity index (χ1n) is 9.94. The van der Waals surface area contributed by atoms with Crippen LogP contribution in [0.1, 0.15) is 16.8 Å². The lowest BCUT2D eigenvalue weighted by atomic mass is 10.1. The Balaban J connectivity index is 1.29. The molecule has 0 radical (unpaired) electrons. The SMILES string of the molecule is Cc1nccc2c1[nH]c1ccc(OCCNC(=O)/C=C/c3ccc(C(F)(F)F)cc3)cc12. The standard InChI is InChI=1S/C24H20F3N3O2/c1-15-23-19(10-11-28-15)20-14-18(7-8-21(20)30-23)32-13-12-29-22(31)9-4-16-2-5-17(6-3-16)24(25,26)27/h2-11,14,30H,12-13H2,1H3,(H,29,31)/b9-4+. The Bertz CT molecular complexity index is 1290. The van der Waals surface area contributed by atoms with Gasteiger partial charge in [-0.1, -0.05) is 12.1 Å². The Hall–Kier alpha value is -3.81. The number of aromatic amines is 1. The van der Waals surface area contributed by atoms with E-state index < -0.39 is 11.7 Å². The lowest BCUT2D eigenvalue weighted by Gasteiger charge is -2.07. The topological polar surface area (TPSA) is 67.0 Å². The van der Waals surface area contributed by atoms with E-state index >= 15 is 0 Å². The molecule has 0 unspecified atom stereocenters. The van der Waals surface area contributed by atoms with E-state index in [2.05, 4.69) is 15.3 Å². The largest absolute Gasteiger partial charge is 0.492 e. The van der Waals surface area contributed by atoms with Gasteiger partial charge in [-0.15, -0.1) is 0 Å². The van der Waals surface area contributed by atoms with Crippen LogP contribution in [0.25, 0.3) is 27.9 Å². The highest BCUT2D eigenvalue weighted by Gasteiger charge is 2.29. The molecule has 0 bridgehead atoms. The fourth-order valence-electron chi connectivity index (χ4n) is 3.39. The number of nitrogens with zero attached hydrogens (tertiary/aromatic N) is 1. The average molecular weight is 439 g/mol. The summed E-state index contributed by atoms with van der Waals surface area (Å²) in [6, 6.07) is 12.3. The van der Waals surface area contributed by atoms with Gasteiger partial charge in [0, 0.05) is 28.6 Å². The predicted molar refractivity (Wildman–Crippen MR) is 117 cm³/mol. The Kier molecular flexibility index (Phi) is 5.85. The lowest BCUT2D eigenvalue weighted by molar-refractivity contribution is -0.137. The van der Waals surface area contributed by atoms with E-state index in [0.29, 0.717) is 11.3 Å². The highest BCUT2D eigenvalue weighted by Crippen LogP contribution is 2.30. The van der Waals surface area contributed by atoms with Crippen LogP contribution < -0.4 is 10.1 Å². The Labute approximate surface area is 181 Å². The zero-order valence-corrected chi connectivity index (χ0v) is 17.2. The minimum atomic E-state index is -4.38. The van der Waals surface area contributed by atoms with Gasteiger partial charge in [0.1, 0.15) is 12.4 Å². The van der Waals surface area contributed by atoms with Crippen molar-refractivity contribution in [3.05, 3.63) is 77.6 Å². The first kappa shape index (κ1) is 21.4. The molecule has 0 fully saturated rings. The first-order chi connectivity index (χ1) is 15.3. The molecule has 2 heterocycles. The van der Waals surface area contributed by atoms with E-state index in [9.17, 15) is 18.0 Å². The molecule has 0 aliphatic heterocycles. The number of H-pyrrole nitrogens is 1. The molecule has 2 aromatic heterocycles. The van der Waals surface area contributed by atoms with Crippen molar-refractivity contribution in [2.45, 2.75) is 13.1 Å². The lowest BCUT2D eigenvalue weighted by Crippen LogP contribution is -2.26. The summed E-state index contributed by atoms with van der Waals surface area (Å²) in [6.45, 7) is 2.50. The molecule has 32 heavy (non-hydrogen) atoms. The number of nitrogens with one attached hydrogen (secondary N) is 2. The summed E-state index contributed by atoms with van der Waals surface area (Å²) < 4.78 is 43.5. The third-order valence-corrected chi connectivity index (χ3v) is 5.02. The average Bonchev–Trinajstić information content (AvgIpc) is 3.14. The maximum atomic E-state index is 12.6. The Morgan fingerprint density at radius 3 is 2.66 bits per heavy atom. The molecule has 0 saturated heterocycles. The molecule has 0 aliphatic rings. The zero-order chi connectivity index (χ0) is 22.7. The second-order valence-corrected chi connectivity index (χ2v) is 7.24. The molecule has 5 nitrogen and oxygen atoms in total. The van der Waals surface area contributed by atoms with Crippen molar-refractivity contribution < 1.29 is 22.7 Å². The minimum absolute atomic E-state index is 0.272. The molecule has 2 N–H and O–H groups in total. The van der Waals surface area contributed by atoms with Gasteiger partial charge in [-0.05, 0) is 55.0 Å². The van der Waals surface area contributed by atoms with Crippen molar-refractivity contribution in [1.29, 1.82) is 0 Å². The predicted octanol–water partition coefficient (Wildman–Crippen LogP) is 5.25. The number of aryl methyl sites for hydroxylation is 1. The number of carbonyl (C=O) groups excluding carboxylic acids is 1. The maximum absolute atomic E-state index is 12.6. The first-order valence-corrected chi connectivity index (χ1v) is 9.94. The number of benzene rings is 2. The van der Waals surface area contributed by atoms with E-state index in [1.54, 1.807) is 6.20 Å². The van der Waals surface area contributed by atoms with E-state index in [1.807, 2.05) is 31.2 Å². The monoisotopic (exact) mass is 439 g/mol. The van der Waals surface area contributed by atoms with Gasteiger partial charge in [-0.25, -0.2) is 0 Å². The summed E-state index contributed by atoms with van der Waals surface area (Å²) in [6.07, 6.45) is 0.121. The number of fused-ring (bicyclic) bond motifs is 3.